The van der Waals surface area contributed by atoms with E-state index in [1.807, 2.05) is 0 Å². The van der Waals surface area contributed by atoms with Gasteiger partial charge in [-0.3, -0.25) is 20.3 Å². The van der Waals surface area contributed by atoms with Gasteiger partial charge in [0.05, 0.1) is 29.8 Å². The van der Waals surface area contributed by atoms with Crippen LogP contribution in [0.4, 0.5) is 14.5 Å². The number of nitrogens with one attached hydrogen (secondary N) is 1. The molecule has 0 unspecified atom stereocenters. The molecule has 0 radical (unpaired) electrons. The smallest absolute Gasteiger partial charge is 0.307 e. The zero-order valence-corrected chi connectivity index (χ0v) is 10.3. The number of nitrogens with zero attached hydrogens (tertiary/aromatic N) is 2. The van der Waals surface area contributed by atoms with E-state index in [-0.39, 0.29) is 0 Å². The summed E-state index contributed by atoms with van der Waals surface area (Å²) in [6, 6.07) is 0.910. The maximum Gasteiger partial charge on any atom is 0.307 e. The number of hydrogen-bond acceptors (Lipinski definition) is 5. The first kappa shape index (κ1) is 14.3. The fourth-order valence-corrected chi connectivity index (χ4v) is 1.73. The predicted molar refractivity (Wildman–Crippen MR) is 62.9 cm³/mol. The van der Waals surface area contributed by atoms with Gasteiger partial charge in [-0.2, -0.15) is 4.39 Å². The van der Waals surface area contributed by atoms with E-state index < -0.39 is 33.7 Å². The normalized spacial score (nSPS) is 15.9. The average Bonchev–Trinajstić information content (AvgIpc) is 2.41. The Morgan fingerprint density at radius 3 is 2.55 bits per heavy atom. The van der Waals surface area contributed by atoms with Crippen LogP contribution in [0.2, 0.25) is 0 Å². The number of ether oxygens (including phenoxy) is 1. The number of nitro groups is 1. The topological polar surface area (TPSA) is 84.7 Å². The van der Waals surface area contributed by atoms with Crippen LogP contribution in [0.3, 0.4) is 0 Å². The van der Waals surface area contributed by atoms with Crippen molar-refractivity contribution in [3.05, 3.63) is 39.4 Å². The van der Waals surface area contributed by atoms with Crippen molar-refractivity contribution in [1.29, 1.82) is 0 Å². The third-order valence-electron chi connectivity index (χ3n) is 2.75. The largest absolute Gasteiger partial charge is 0.379 e. The summed E-state index contributed by atoms with van der Waals surface area (Å²) >= 11 is 0. The third kappa shape index (κ3) is 3.06. The van der Waals surface area contributed by atoms with Crippen molar-refractivity contribution in [3.8, 4) is 0 Å². The molecule has 1 aromatic carbocycles. The van der Waals surface area contributed by atoms with Crippen LogP contribution in [0, 0.1) is 21.7 Å². The molecule has 1 amide bonds. The molecule has 1 saturated heterocycles. The Morgan fingerprint density at radius 2 is 1.95 bits per heavy atom. The zero-order valence-electron chi connectivity index (χ0n) is 10.3. The van der Waals surface area contributed by atoms with Gasteiger partial charge < -0.3 is 4.74 Å². The standard InChI is InChI=1S/C11H11F2N3O4/c12-8-6-10(16(18)19)9(13)5-7(8)11(17)14-15-1-3-20-4-2-15/h5-6H,1-4H2,(H,14,17). The van der Waals surface area contributed by atoms with Crippen molar-refractivity contribution in [2.75, 3.05) is 26.3 Å². The molecule has 1 aliphatic heterocycles. The summed E-state index contributed by atoms with van der Waals surface area (Å²) in [6.07, 6.45) is 0. The van der Waals surface area contributed by atoms with Crippen molar-refractivity contribution in [3.63, 3.8) is 0 Å². The summed E-state index contributed by atoms with van der Waals surface area (Å²) in [7, 11) is 0. The quantitative estimate of drug-likeness (QED) is 0.658. The molecule has 0 aromatic heterocycles. The summed E-state index contributed by atoms with van der Waals surface area (Å²) in [5.41, 5.74) is 0.797. The average molecular weight is 287 g/mol. The molecule has 7 nitrogen and oxygen atoms in total. The van der Waals surface area contributed by atoms with E-state index in [0.29, 0.717) is 38.4 Å². The van der Waals surface area contributed by atoms with Crippen LogP contribution in [-0.2, 0) is 4.74 Å². The minimum atomic E-state index is -1.26. The summed E-state index contributed by atoms with van der Waals surface area (Å²) < 4.78 is 32.1. The maximum absolute atomic E-state index is 13.6. The first-order chi connectivity index (χ1) is 9.49. The predicted octanol–water partition coefficient (Wildman–Crippen LogP) is 0.850. The van der Waals surface area contributed by atoms with Crippen LogP contribution in [0.25, 0.3) is 0 Å². The fourth-order valence-electron chi connectivity index (χ4n) is 1.73. The van der Waals surface area contributed by atoms with E-state index in [2.05, 4.69) is 5.43 Å². The van der Waals surface area contributed by atoms with Gasteiger partial charge in [-0.25, -0.2) is 9.40 Å². The van der Waals surface area contributed by atoms with Gasteiger partial charge in [-0.1, -0.05) is 0 Å². The van der Waals surface area contributed by atoms with Crippen molar-refractivity contribution < 1.29 is 23.2 Å². The van der Waals surface area contributed by atoms with E-state index in [1.54, 1.807) is 0 Å². The molecule has 1 fully saturated rings. The van der Waals surface area contributed by atoms with E-state index in [9.17, 15) is 23.7 Å². The Balaban J connectivity index is 2.17. The molecule has 0 bridgehead atoms. The number of carbonyl (C=O) groups excluding carboxylic acids is 1. The molecule has 108 valence electrons. The molecular formula is C11H11F2N3O4. The van der Waals surface area contributed by atoms with Gasteiger partial charge in [-0.15, -0.1) is 0 Å². The van der Waals surface area contributed by atoms with Gasteiger partial charge >= 0.3 is 5.69 Å². The first-order valence-electron chi connectivity index (χ1n) is 5.76. The first-order valence-corrected chi connectivity index (χ1v) is 5.76. The lowest BCUT2D eigenvalue weighted by Crippen LogP contribution is -2.48. The monoisotopic (exact) mass is 287 g/mol. The van der Waals surface area contributed by atoms with Crippen molar-refractivity contribution in [2.45, 2.75) is 0 Å². The number of morpholine rings is 1. The molecule has 1 aliphatic rings. The van der Waals surface area contributed by atoms with Gasteiger partial charge in [-0.05, 0) is 6.07 Å². The minimum Gasteiger partial charge on any atom is -0.379 e. The number of benzene rings is 1. The number of rotatable bonds is 3. The number of carbonyl (C=O) groups is 1. The molecule has 0 spiro atoms. The second kappa shape index (κ2) is 5.88. The molecule has 9 heteroatoms. The number of nitro benzene ring substituents is 1. The summed E-state index contributed by atoms with van der Waals surface area (Å²) in [5.74, 6) is -3.27. The van der Waals surface area contributed by atoms with E-state index in [1.165, 1.54) is 5.01 Å². The van der Waals surface area contributed by atoms with Gasteiger partial charge in [0.2, 0.25) is 5.82 Å². The molecule has 2 rings (SSSR count). The van der Waals surface area contributed by atoms with Crippen molar-refractivity contribution in [1.82, 2.24) is 10.4 Å². The Labute approximate surface area is 112 Å². The molecular weight excluding hydrogens is 276 g/mol. The van der Waals surface area contributed by atoms with Gasteiger partial charge in [0, 0.05) is 13.1 Å². The highest BCUT2D eigenvalue weighted by Crippen LogP contribution is 2.21. The Morgan fingerprint density at radius 1 is 1.30 bits per heavy atom. The Hall–Kier alpha value is -2.13. The highest BCUT2D eigenvalue weighted by Gasteiger charge is 2.23. The molecule has 0 saturated carbocycles. The van der Waals surface area contributed by atoms with Gasteiger partial charge in [0.1, 0.15) is 5.82 Å². The van der Waals surface area contributed by atoms with Crippen LogP contribution < -0.4 is 5.43 Å². The molecule has 1 heterocycles. The van der Waals surface area contributed by atoms with Crippen LogP contribution >= 0.6 is 0 Å². The Kier molecular flexibility index (Phi) is 4.20. The second-order valence-electron chi connectivity index (χ2n) is 4.08. The highest BCUT2D eigenvalue weighted by atomic mass is 19.1. The maximum atomic E-state index is 13.6. The molecule has 0 atom stereocenters. The van der Waals surface area contributed by atoms with Crippen molar-refractivity contribution in [2.24, 2.45) is 0 Å². The van der Waals surface area contributed by atoms with Crippen LogP contribution in [0.5, 0.6) is 0 Å². The lowest BCUT2D eigenvalue weighted by atomic mass is 10.1. The van der Waals surface area contributed by atoms with Crippen LogP contribution in [0.1, 0.15) is 10.4 Å². The lowest BCUT2D eigenvalue weighted by molar-refractivity contribution is -0.387. The minimum absolute atomic E-state index is 0.392. The van der Waals surface area contributed by atoms with Gasteiger partial charge in [0.15, 0.2) is 0 Å². The molecule has 0 aliphatic carbocycles. The van der Waals surface area contributed by atoms with E-state index in [4.69, 9.17) is 4.74 Å². The van der Waals surface area contributed by atoms with Crippen molar-refractivity contribution >= 4 is 11.6 Å². The molecule has 20 heavy (non-hydrogen) atoms. The summed E-state index contributed by atoms with van der Waals surface area (Å²) in [5, 5.41) is 12.0. The zero-order chi connectivity index (χ0) is 14.7. The third-order valence-corrected chi connectivity index (χ3v) is 2.75. The fraction of sp³-hybridized carbons (Fsp3) is 0.364. The molecule has 1 N–H and O–H groups in total. The Bertz CT molecular complexity index is 547. The summed E-state index contributed by atoms with van der Waals surface area (Å²) in [6.45, 7) is 1.67. The highest BCUT2D eigenvalue weighted by molar-refractivity contribution is 5.94. The van der Waals surface area contributed by atoms with E-state index in [0.717, 1.165) is 0 Å². The number of hydrogen-bond donors (Lipinski definition) is 1. The number of halogens is 2. The van der Waals surface area contributed by atoms with Crippen LogP contribution in [0.15, 0.2) is 12.1 Å². The van der Waals surface area contributed by atoms with Crippen LogP contribution in [-0.4, -0.2) is 42.1 Å². The summed E-state index contributed by atoms with van der Waals surface area (Å²) in [4.78, 5) is 21.2. The molecule has 1 aromatic rings. The lowest BCUT2D eigenvalue weighted by Gasteiger charge is -2.26. The number of hydrazine groups is 1. The SMILES string of the molecule is O=C(NN1CCOCC1)c1cc(F)c([N+](=O)[O-])cc1F. The number of amides is 1. The van der Waals surface area contributed by atoms with E-state index >= 15 is 0 Å². The van der Waals surface area contributed by atoms with Gasteiger partial charge in [0.25, 0.3) is 5.91 Å². The second-order valence-corrected chi connectivity index (χ2v) is 4.08.